The number of nitrogens with zero attached hydrogens (tertiary/aromatic N) is 1. The second-order valence-corrected chi connectivity index (χ2v) is 5.03. The van der Waals surface area contributed by atoms with Gasteiger partial charge in [0.25, 0.3) is 0 Å². The summed E-state index contributed by atoms with van der Waals surface area (Å²) in [6.45, 7) is 0.390. The molecule has 0 bridgehead atoms. The summed E-state index contributed by atoms with van der Waals surface area (Å²) in [4.78, 5) is 23.6. The highest BCUT2D eigenvalue weighted by molar-refractivity contribution is 5.77. The topological polar surface area (TPSA) is 77.8 Å². The number of carbonyl (C=O) groups is 2. The van der Waals surface area contributed by atoms with Gasteiger partial charge < -0.3 is 15.1 Å². The van der Waals surface area contributed by atoms with Crippen LogP contribution in [0, 0.1) is 5.41 Å². The molecular formula is C14H17NO4. The van der Waals surface area contributed by atoms with Crippen LogP contribution >= 0.6 is 0 Å². The maximum Gasteiger partial charge on any atom is 0.407 e. The minimum atomic E-state index is -1.04. The number of aliphatic carboxylic acids is 1. The number of amides is 1. The van der Waals surface area contributed by atoms with Crippen molar-refractivity contribution in [2.75, 3.05) is 13.1 Å². The van der Waals surface area contributed by atoms with Gasteiger partial charge in [0.15, 0.2) is 0 Å². The predicted molar refractivity (Wildman–Crippen MR) is 69.0 cm³/mol. The molecule has 0 aliphatic carbocycles. The van der Waals surface area contributed by atoms with Gasteiger partial charge in [-0.25, -0.2) is 4.79 Å². The highest BCUT2D eigenvalue weighted by atomic mass is 16.4. The van der Waals surface area contributed by atoms with Crippen LogP contribution in [0.5, 0.6) is 0 Å². The number of hydrogen-bond acceptors (Lipinski definition) is 2. The smallest absolute Gasteiger partial charge is 0.407 e. The van der Waals surface area contributed by atoms with Crippen molar-refractivity contribution in [3.8, 4) is 0 Å². The maximum absolute atomic E-state index is 11.5. The van der Waals surface area contributed by atoms with Crippen LogP contribution in [-0.2, 0) is 11.2 Å². The molecule has 2 rings (SSSR count). The van der Waals surface area contributed by atoms with E-state index >= 15 is 0 Å². The van der Waals surface area contributed by atoms with E-state index in [1.54, 1.807) is 0 Å². The fraction of sp³-hybridized carbons (Fsp3) is 0.429. The SMILES string of the molecule is O=C(O)N1CCC(CCc2ccccc2)(C(=O)O)C1. The lowest BCUT2D eigenvalue weighted by molar-refractivity contribution is -0.148. The Kier molecular flexibility index (Phi) is 3.74. The van der Waals surface area contributed by atoms with Gasteiger partial charge in [0.1, 0.15) is 0 Å². The fourth-order valence-electron chi connectivity index (χ4n) is 2.55. The van der Waals surface area contributed by atoms with Crippen molar-refractivity contribution in [3.63, 3.8) is 0 Å². The van der Waals surface area contributed by atoms with Crippen LogP contribution in [0.4, 0.5) is 4.79 Å². The molecule has 19 heavy (non-hydrogen) atoms. The molecule has 0 radical (unpaired) electrons. The Bertz CT molecular complexity index is 474. The van der Waals surface area contributed by atoms with Crippen LogP contribution in [0.25, 0.3) is 0 Å². The molecule has 102 valence electrons. The lowest BCUT2D eigenvalue weighted by atomic mass is 9.81. The van der Waals surface area contributed by atoms with Crippen LogP contribution < -0.4 is 0 Å². The number of likely N-dealkylation sites (tertiary alicyclic amines) is 1. The van der Waals surface area contributed by atoms with E-state index < -0.39 is 17.5 Å². The highest BCUT2D eigenvalue weighted by Gasteiger charge is 2.45. The van der Waals surface area contributed by atoms with E-state index in [1.807, 2.05) is 30.3 Å². The Morgan fingerprint density at radius 3 is 2.42 bits per heavy atom. The van der Waals surface area contributed by atoms with E-state index in [1.165, 1.54) is 4.90 Å². The number of carboxylic acids is 1. The monoisotopic (exact) mass is 263 g/mol. The van der Waals surface area contributed by atoms with Crippen molar-refractivity contribution in [1.29, 1.82) is 0 Å². The first-order chi connectivity index (χ1) is 9.03. The molecule has 1 aromatic carbocycles. The van der Waals surface area contributed by atoms with E-state index in [0.29, 0.717) is 25.8 Å². The van der Waals surface area contributed by atoms with Gasteiger partial charge in [0, 0.05) is 13.1 Å². The summed E-state index contributed by atoms with van der Waals surface area (Å²) in [5.74, 6) is -0.896. The van der Waals surface area contributed by atoms with Crippen LogP contribution in [-0.4, -0.2) is 40.3 Å². The number of aryl methyl sites for hydroxylation is 1. The summed E-state index contributed by atoms with van der Waals surface area (Å²) >= 11 is 0. The molecule has 1 unspecified atom stereocenters. The molecule has 1 heterocycles. The molecule has 1 atom stereocenters. The molecular weight excluding hydrogens is 246 g/mol. The predicted octanol–water partition coefficient (Wildman–Crippen LogP) is 2.07. The molecule has 1 aromatic rings. The first-order valence-corrected chi connectivity index (χ1v) is 6.29. The van der Waals surface area contributed by atoms with Crippen molar-refractivity contribution >= 4 is 12.1 Å². The Balaban J connectivity index is 2.05. The first-order valence-electron chi connectivity index (χ1n) is 6.29. The summed E-state index contributed by atoms with van der Waals surface area (Å²) in [5.41, 5.74) is 0.144. The fourth-order valence-corrected chi connectivity index (χ4v) is 2.55. The van der Waals surface area contributed by atoms with Gasteiger partial charge in [-0.1, -0.05) is 30.3 Å². The molecule has 1 saturated heterocycles. The molecule has 1 amide bonds. The molecule has 0 aromatic heterocycles. The zero-order valence-corrected chi connectivity index (χ0v) is 10.6. The maximum atomic E-state index is 11.5. The third-order valence-corrected chi connectivity index (χ3v) is 3.81. The van der Waals surface area contributed by atoms with Crippen LogP contribution in [0.2, 0.25) is 0 Å². The van der Waals surface area contributed by atoms with Crippen LogP contribution in [0.15, 0.2) is 30.3 Å². The van der Waals surface area contributed by atoms with E-state index in [2.05, 4.69) is 0 Å². The zero-order valence-electron chi connectivity index (χ0n) is 10.6. The third-order valence-electron chi connectivity index (χ3n) is 3.81. The van der Waals surface area contributed by atoms with E-state index in [0.717, 1.165) is 5.56 Å². The van der Waals surface area contributed by atoms with Gasteiger partial charge in [-0.3, -0.25) is 4.79 Å². The van der Waals surface area contributed by atoms with Crippen molar-refractivity contribution < 1.29 is 19.8 Å². The Morgan fingerprint density at radius 2 is 1.89 bits per heavy atom. The lowest BCUT2D eigenvalue weighted by Crippen LogP contribution is -2.36. The third kappa shape index (κ3) is 2.86. The normalized spacial score (nSPS) is 22.4. The molecule has 0 spiro atoms. The van der Waals surface area contributed by atoms with E-state index in [-0.39, 0.29) is 6.54 Å². The van der Waals surface area contributed by atoms with Crippen molar-refractivity contribution in [2.45, 2.75) is 19.3 Å². The van der Waals surface area contributed by atoms with Crippen molar-refractivity contribution in [3.05, 3.63) is 35.9 Å². The number of rotatable bonds is 4. The summed E-state index contributed by atoms with van der Waals surface area (Å²) in [6, 6.07) is 9.67. The van der Waals surface area contributed by atoms with Crippen molar-refractivity contribution in [2.24, 2.45) is 5.41 Å². The second kappa shape index (κ2) is 5.30. The molecule has 1 aliphatic heterocycles. The van der Waals surface area contributed by atoms with Crippen molar-refractivity contribution in [1.82, 2.24) is 4.90 Å². The molecule has 2 N–H and O–H groups in total. The van der Waals surface area contributed by atoms with E-state index in [4.69, 9.17) is 5.11 Å². The highest BCUT2D eigenvalue weighted by Crippen LogP contribution is 2.35. The molecule has 5 nitrogen and oxygen atoms in total. The van der Waals surface area contributed by atoms with Crippen LogP contribution in [0.3, 0.4) is 0 Å². The quantitative estimate of drug-likeness (QED) is 0.871. The standard InChI is InChI=1S/C14H17NO4/c16-12(17)14(8-9-15(10-14)13(18)19)7-6-11-4-2-1-3-5-11/h1-5H,6-10H2,(H,16,17)(H,18,19). The van der Waals surface area contributed by atoms with Gasteiger partial charge in [-0.15, -0.1) is 0 Å². The first kappa shape index (κ1) is 13.4. The van der Waals surface area contributed by atoms with Gasteiger partial charge in [0.2, 0.25) is 0 Å². The lowest BCUT2D eigenvalue weighted by Gasteiger charge is -2.23. The zero-order chi connectivity index (χ0) is 13.9. The molecule has 1 fully saturated rings. The summed E-state index contributed by atoms with van der Waals surface area (Å²) in [5, 5.41) is 18.4. The molecule has 5 heteroatoms. The summed E-state index contributed by atoms with van der Waals surface area (Å²) in [7, 11) is 0. The Hall–Kier alpha value is -2.04. The van der Waals surface area contributed by atoms with Gasteiger partial charge in [-0.2, -0.15) is 0 Å². The largest absolute Gasteiger partial charge is 0.481 e. The average Bonchev–Trinajstić information content (AvgIpc) is 2.84. The number of carboxylic acid groups (broad SMARTS) is 2. The van der Waals surface area contributed by atoms with E-state index in [9.17, 15) is 14.7 Å². The summed E-state index contributed by atoms with van der Waals surface area (Å²) in [6.07, 6.45) is 0.473. The second-order valence-electron chi connectivity index (χ2n) is 5.03. The van der Waals surface area contributed by atoms with Gasteiger partial charge in [-0.05, 0) is 24.8 Å². The van der Waals surface area contributed by atoms with Gasteiger partial charge >= 0.3 is 12.1 Å². The summed E-state index contributed by atoms with van der Waals surface area (Å²) < 4.78 is 0. The average molecular weight is 263 g/mol. The minimum Gasteiger partial charge on any atom is -0.481 e. The molecule has 1 aliphatic rings. The minimum absolute atomic E-state index is 0.0878. The van der Waals surface area contributed by atoms with Gasteiger partial charge in [0.05, 0.1) is 5.41 Å². The molecule has 0 saturated carbocycles. The Labute approximate surface area is 111 Å². The van der Waals surface area contributed by atoms with Crippen LogP contribution in [0.1, 0.15) is 18.4 Å². The Morgan fingerprint density at radius 1 is 1.21 bits per heavy atom. The number of hydrogen-bond donors (Lipinski definition) is 2. The number of benzene rings is 1.